The number of amides is 1. The van der Waals surface area contributed by atoms with E-state index in [0.29, 0.717) is 6.07 Å². The molecule has 0 aliphatic heterocycles. The molecule has 0 heterocycles. The van der Waals surface area contributed by atoms with Gasteiger partial charge in [-0.1, -0.05) is 12.1 Å². The van der Waals surface area contributed by atoms with Crippen LogP contribution in [0.15, 0.2) is 47.4 Å². The maximum Gasteiger partial charge on any atom is 0.264 e. The van der Waals surface area contributed by atoms with Gasteiger partial charge in [-0.25, -0.2) is 17.2 Å². The highest BCUT2D eigenvalue weighted by Crippen LogP contribution is 2.26. The largest absolute Gasteiger partial charge is 0.366 e. The zero-order valence-electron chi connectivity index (χ0n) is 11.5. The van der Waals surface area contributed by atoms with E-state index in [1.807, 2.05) is 0 Å². The van der Waals surface area contributed by atoms with Crippen molar-refractivity contribution >= 4 is 21.6 Å². The van der Waals surface area contributed by atoms with E-state index in [-0.39, 0.29) is 11.3 Å². The Hall–Kier alpha value is -2.48. The Morgan fingerprint density at radius 1 is 1.09 bits per heavy atom. The molecular formula is C14H12F2N2O3S. The molecule has 0 aliphatic rings. The number of primary amides is 1. The highest BCUT2D eigenvalue weighted by Gasteiger charge is 2.25. The molecule has 0 aliphatic carbocycles. The minimum Gasteiger partial charge on any atom is -0.366 e. The zero-order valence-corrected chi connectivity index (χ0v) is 12.3. The van der Waals surface area contributed by atoms with Crippen LogP contribution in [0.1, 0.15) is 10.4 Å². The normalized spacial score (nSPS) is 11.2. The van der Waals surface area contributed by atoms with Gasteiger partial charge in [-0.3, -0.25) is 9.10 Å². The number of hydrogen-bond donors (Lipinski definition) is 1. The van der Waals surface area contributed by atoms with E-state index in [1.165, 1.54) is 31.3 Å². The predicted molar refractivity (Wildman–Crippen MR) is 76.9 cm³/mol. The maximum absolute atomic E-state index is 13.3. The quantitative estimate of drug-likeness (QED) is 0.931. The minimum absolute atomic E-state index is 0.00356. The molecule has 2 aromatic rings. The van der Waals surface area contributed by atoms with Crippen LogP contribution in [0.3, 0.4) is 0 Å². The Morgan fingerprint density at radius 2 is 1.73 bits per heavy atom. The van der Waals surface area contributed by atoms with Crippen LogP contribution in [0.5, 0.6) is 0 Å². The smallest absolute Gasteiger partial charge is 0.264 e. The van der Waals surface area contributed by atoms with Gasteiger partial charge in [0.15, 0.2) is 11.6 Å². The molecule has 0 atom stereocenters. The summed E-state index contributed by atoms with van der Waals surface area (Å²) < 4.78 is 51.9. The molecule has 0 radical (unpaired) electrons. The van der Waals surface area contributed by atoms with E-state index < -0.39 is 32.5 Å². The van der Waals surface area contributed by atoms with Crippen molar-refractivity contribution in [2.24, 2.45) is 5.73 Å². The summed E-state index contributed by atoms with van der Waals surface area (Å²) in [5, 5.41) is 0. The number of benzene rings is 2. The summed E-state index contributed by atoms with van der Waals surface area (Å²) in [5.74, 6) is -3.24. The fourth-order valence-corrected chi connectivity index (χ4v) is 3.11. The molecule has 22 heavy (non-hydrogen) atoms. The van der Waals surface area contributed by atoms with Crippen molar-refractivity contribution in [3.8, 4) is 0 Å². The van der Waals surface area contributed by atoms with Gasteiger partial charge in [0.05, 0.1) is 16.1 Å². The molecular weight excluding hydrogens is 314 g/mol. The van der Waals surface area contributed by atoms with Crippen molar-refractivity contribution < 1.29 is 22.0 Å². The lowest BCUT2D eigenvalue weighted by Crippen LogP contribution is -2.29. The Labute approximate surface area is 126 Å². The number of para-hydroxylation sites is 1. The first-order valence-corrected chi connectivity index (χ1v) is 7.52. The number of carbonyl (C=O) groups is 1. The second-order valence-electron chi connectivity index (χ2n) is 4.43. The van der Waals surface area contributed by atoms with Crippen LogP contribution in [0.4, 0.5) is 14.5 Å². The number of carbonyl (C=O) groups excluding carboxylic acids is 1. The molecule has 0 saturated heterocycles. The summed E-state index contributed by atoms with van der Waals surface area (Å²) in [5.41, 5.74) is 5.25. The van der Waals surface area contributed by atoms with Crippen molar-refractivity contribution in [2.75, 3.05) is 11.4 Å². The second kappa shape index (κ2) is 5.72. The monoisotopic (exact) mass is 326 g/mol. The average molecular weight is 326 g/mol. The first kappa shape index (κ1) is 15.9. The lowest BCUT2D eigenvalue weighted by molar-refractivity contribution is 0.100. The van der Waals surface area contributed by atoms with E-state index in [0.717, 1.165) is 16.4 Å². The third-order valence-corrected chi connectivity index (χ3v) is 4.83. The number of halogens is 2. The maximum atomic E-state index is 13.3. The summed E-state index contributed by atoms with van der Waals surface area (Å²) in [6, 6.07) is 8.05. The molecule has 2 aromatic carbocycles. The standard InChI is InChI=1S/C14H12F2N2O3S/c1-18(13-5-3-2-4-10(13)14(17)19)22(20,21)9-6-7-11(15)12(16)8-9/h2-8H,1H3,(H2,17,19). The van der Waals surface area contributed by atoms with Crippen LogP contribution in [-0.2, 0) is 10.0 Å². The van der Waals surface area contributed by atoms with E-state index in [2.05, 4.69) is 0 Å². The van der Waals surface area contributed by atoms with Gasteiger partial charge in [0.1, 0.15) is 0 Å². The molecule has 116 valence electrons. The minimum atomic E-state index is -4.17. The van der Waals surface area contributed by atoms with Crippen LogP contribution >= 0.6 is 0 Å². The second-order valence-corrected chi connectivity index (χ2v) is 6.40. The Bertz CT molecular complexity index is 838. The fourth-order valence-electron chi connectivity index (χ4n) is 1.88. The lowest BCUT2D eigenvalue weighted by atomic mass is 10.2. The molecule has 0 unspecified atom stereocenters. The van der Waals surface area contributed by atoms with E-state index in [1.54, 1.807) is 0 Å². The molecule has 0 spiro atoms. The molecule has 0 bridgehead atoms. The lowest BCUT2D eigenvalue weighted by Gasteiger charge is -2.21. The number of sulfonamides is 1. The molecule has 0 aromatic heterocycles. The Kier molecular flexibility index (Phi) is 4.14. The highest BCUT2D eigenvalue weighted by molar-refractivity contribution is 7.92. The Morgan fingerprint density at radius 3 is 2.32 bits per heavy atom. The van der Waals surface area contributed by atoms with Gasteiger partial charge in [-0.05, 0) is 30.3 Å². The van der Waals surface area contributed by atoms with Gasteiger partial charge < -0.3 is 5.73 Å². The van der Waals surface area contributed by atoms with Crippen molar-refractivity contribution in [2.45, 2.75) is 4.90 Å². The average Bonchev–Trinajstić information content (AvgIpc) is 2.49. The fraction of sp³-hybridized carbons (Fsp3) is 0.0714. The summed E-state index contributed by atoms with van der Waals surface area (Å²) in [4.78, 5) is 10.9. The van der Waals surface area contributed by atoms with E-state index in [4.69, 9.17) is 5.73 Å². The van der Waals surface area contributed by atoms with Gasteiger partial charge in [-0.15, -0.1) is 0 Å². The van der Waals surface area contributed by atoms with E-state index >= 15 is 0 Å². The summed E-state index contributed by atoms with van der Waals surface area (Å²) >= 11 is 0. The third-order valence-electron chi connectivity index (χ3n) is 3.06. The molecule has 2 rings (SSSR count). The summed E-state index contributed by atoms with van der Waals surface area (Å²) in [6.45, 7) is 0. The molecule has 5 nitrogen and oxygen atoms in total. The zero-order chi connectivity index (χ0) is 16.5. The summed E-state index contributed by atoms with van der Waals surface area (Å²) in [6.07, 6.45) is 0. The SMILES string of the molecule is CN(c1ccccc1C(N)=O)S(=O)(=O)c1ccc(F)c(F)c1. The molecule has 8 heteroatoms. The van der Waals surface area contributed by atoms with Crippen molar-refractivity contribution in [1.29, 1.82) is 0 Å². The first-order chi connectivity index (χ1) is 10.2. The molecule has 1 amide bonds. The van der Waals surface area contributed by atoms with Gasteiger partial charge in [0.25, 0.3) is 15.9 Å². The first-order valence-electron chi connectivity index (χ1n) is 6.08. The molecule has 0 fully saturated rings. The molecule has 0 saturated carbocycles. The van der Waals surface area contributed by atoms with Crippen LogP contribution in [0.2, 0.25) is 0 Å². The van der Waals surface area contributed by atoms with Gasteiger partial charge in [-0.2, -0.15) is 0 Å². The topological polar surface area (TPSA) is 80.5 Å². The number of hydrogen-bond acceptors (Lipinski definition) is 3. The number of rotatable bonds is 4. The van der Waals surface area contributed by atoms with Crippen LogP contribution in [0, 0.1) is 11.6 Å². The van der Waals surface area contributed by atoms with Crippen molar-refractivity contribution in [1.82, 2.24) is 0 Å². The Balaban J connectivity index is 2.54. The van der Waals surface area contributed by atoms with Gasteiger partial charge in [0.2, 0.25) is 0 Å². The number of nitrogens with two attached hydrogens (primary N) is 1. The highest BCUT2D eigenvalue weighted by atomic mass is 32.2. The predicted octanol–water partition coefficient (Wildman–Crippen LogP) is 1.89. The van der Waals surface area contributed by atoms with Crippen molar-refractivity contribution in [3.05, 3.63) is 59.7 Å². The van der Waals surface area contributed by atoms with Crippen LogP contribution in [0.25, 0.3) is 0 Å². The van der Waals surface area contributed by atoms with Crippen molar-refractivity contribution in [3.63, 3.8) is 0 Å². The molecule has 2 N–H and O–H groups in total. The number of anilines is 1. The van der Waals surface area contributed by atoms with Gasteiger partial charge >= 0.3 is 0 Å². The summed E-state index contributed by atoms with van der Waals surface area (Å²) in [7, 11) is -2.98. The van der Waals surface area contributed by atoms with Crippen LogP contribution in [-0.4, -0.2) is 21.4 Å². The van der Waals surface area contributed by atoms with E-state index in [9.17, 15) is 22.0 Å². The van der Waals surface area contributed by atoms with Crippen LogP contribution < -0.4 is 10.0 Å². The number of nitrogens with zero attached hydrogens (tertiary/aromatic N) is 1. The third kappa shape index (κ3) is 2.77. The van der Waals surface area contributed by atoms with Gasteiger partial charge in [0, 0.05) is 7.05 Å².